The van der Waals surface area contributed by atoms with Gasteiger partial charge in [0.05, 0.1) is 12.2 Å². The highest BCUT2D eigenvalue weighted by Gasteiger charge is 2.24. The van der Waals surface area contributed by atoms with Gasteiger partial charge in [-0.2, -0.15) is 10.2 Å². The van der Waals surface area contributed by atoms with Crippen molar-refractivity contribution < 1.29 is 19.1 Å². The summed E-state index contributed by atoms with van der Waals surface area (Å²) in [6, 6.07) is 15.2. The van der Waals surface area contributed by atoms with Gasteiger partial charge in [-0.3, -0.25) is 9.80 Å². The van der Waals surface area contributed by atoms with Gasteiger partial charge in [0.25, 0.3) is 0 Å². The van der Waals surface area contributed by atoms with Crippen LogP contribution in [0.25, 0.3) is 12.2 Å². The van der Waals surface area contributed by atoms with E-state index in [1.807, 2.05) is 115 Å². The van der Waals surface area contributed by atoms with Crippen molar-refractivity contribution in [2.45, 2.75) is 59.7 Å². The number of allylic oxidation sites excluding steroid dienone is 1. The van der Waals surface area contributed by atoms with Gasteiger partial charge in [0.15, 0.2) is 0 Å². The van der Waals surface area contributed by atoms with Crippen molar-refractivity contribution in [2.24, 2.45) is 10.2 Å². The standard InChI is InChI=1S/C30H40N4O4/c1-10-24(32-31-8)21-34(28(36)38-30(5,6)7)26-19-15-23(16-20-26)12-11-22-13-17-25(18-14-22)33(9)27(35)37-29(2,3)4/h10-20H,21H2,1-9H3/b12-11+,24-10-,32-31?. The molecule has 2 aromatic rings. The molecule has 0 saturated carbocycles. The average molecular weight is 521 g/mol. The van der Waals surface area contributed by atoms with Crippen LogP contribution < -0.4 is 9.80 Å². The maximum atomic E-state index is 13.0. The molecule has 0 radical (unpaired) electrons. The number of benzene rings is 2. The normalized spacial score (nSPS) is 12.6. The monoisotopic (exact) mass is 520 g/mol. The Hall–Kier alpha value is -3.94. The molecule has 0 heterocycles. The molecule has 204 valence electrons. The van der Waals surface area contributed by atoms with Crippen molar-refractivity contribution in [1.29, 1.82) is 0 Å². The third-order valence-corrected chi connectivity index (χ3v) is 5.12. The van der Waals surface area contributed by atoms with Gasteiger partial charge in [0, 0.05) is 25.5 Å². The highest BCUT2D eigenvalue weighted by atomic mass is 16.6. The second-order valence-corrected chi connectivity index (χ2v) is 10.7. The van der Waals surface area contributed by atoms with Gasteiger partial charge in [-0.1, -0.05) is 42.5 Å². The topological polar surface area (TPSA) is 83.8 Å². The number of hydrogen-bond donors (Lipinski definition) is 0. The van der Waals surface area contributed by atoms with E-state index in [2.05, 4.69) is 10.2 Å². The summed E-state index contributed by atoms with van der Waals surface area (Å²) in [7, 11) is 3.28. The van der Waals surface area contributed by atoms with E-state index in [9.17, 15) is 9.59 Å². The minimum atomic E-state index is -0.627. The quantitative estimate of drug-likeness (QED) is 0.274. The Bertz CT molecular complexity index is 1170. The van der Waals surface area contributed by atoms with E-state index in [1.54, 1.807) is 19.0 Å². The van der Waals surface area contributed by atoms with Crippen molar-refractivity contribution in [3.05, 3.63) is 71.4 Å². The molecule has 0 aromatic heterocycles. The SMILES string of the molecule is C/C=C(/CN(C(=O)OC(C)(C)C)c1ccc(/C=C/c2ccc(N(C)C(=O)OC(C)(C)C)cc2)cc1)N=NC. The lowest BCUT2D eigenvalue weighted by Crippen LogP contribution is -2.38. The molecule has 0 atom stereocenters. The highest BCUT2D eigenvalue weighted by molar-refractivity contribution is 5.89. The molecule has 0 aliphatic heterocycles. The van der Waals surface area contributed by atoms with Gasteiger partial charge < -0.3 is 9.47 Å². The minimum Gasteiger partial charge on any atom is -0.443 e. The van der Waals surface area contributed by atoms with Crippen LogP contribution in [0.2, 0.25) is 0 Å². The molecule has 0 aliphatic rings. The summed E-state index contributed by atoms with van der Waals surface area (Å²) in [4.78, 5) is 28.3. The van der Waals surface area contributed by atoms with E-state index < -0.39 is 23.4 Å². The fraction of sp³-hybridized carbons (Fsp3) is 0.400. The summed E-state index contributed by atoms with van der Waals surface area (Å²) >= 11 is 0. The van der Waals surface area contributed by atoms with Crippen LogP contribution in [0.1, 0.15) is 59.6 Å². The number of hydrogen-bond acceptors (Lipinski definition) is 6. The van der Waals surface area contributed by atoms with Gasteiger partial charge in [-0.25, -0.2) is 9.59 Å². The summed E-state index contributed by atoms with van der Waals surface area (Å²) in [5, 5.41) is 7.94. The Labute approximate surface area is 226 Å². The lowest BCUT2D eigenvalue weighted by Gasteiger charge is -2.27. The molecule has 0 spiro atoms. The number of rotatable bonds is 7. The maximum absolute atomic E-state index is 13.0. The zero-order valence-electron chi connectivity index (χ0n) is 24.0. The average Bonchev–Trinajstić information content (AvgIpc) is 2.83. The van der Waals surface area contributed by atoms with E-state index in [0.29, 0.717) is 11.4 Å². The molecule has 8 heteroatoms. The summed E-state index contributed by atoms with van der Waals surface area (Å²) in [6.45, 7) is 13.1. The number of carbonyl (C=O) groups excluding carboxylic acids is 2. The Morgan fingerprint density at radius 3 is 1.66 bits per heavy atom. The van der Waals surface area contributed by atoms with E-state index in [-0.39, 0.29) is 6.54 Å². The first-order valence-corrected chi connectivity index (χ1v) is 12.5. The largest absolute Gasteiger partial charge is 0.443 e. The van der Waals surface area contributed by atoms with Crippen LogP contribution in [0.5, 0.6) is 0 Å². The van der Waals surface area contributed by atoms with E-state index >= 15 is 0 Å². The Kier molecular flexibility index (Phi) is 10.4. The van der Waals surface area contributed by atoms with Crippen molar-refractivity contribution >= 4 is 35.7 Å². The van der Waals surface area contributed by atoms with E-state index in [1.165, 1.54) is 4.90 Å². The van der Waals surface area contributed by atoms with Crippen LogP contribution in [0.4, 0.5) is 21.0 Å². The number of amides is 2. The first-order valence-electron chi connectivity index (χ1n) is 12.5. The van der Waals surface area contributed by atoms with E-state index in [4.69, 9.17) is 9.47 Å². The van der Waals surface area contributed by atoms with Crippen molar-refractivity contribution in [2.75, 3.05) is 30.4 Å². The molecule has 0 unspecified atom stereocenters. The van der Waals surface area contributed by atoms with Crippen molar-refractivity contribution in [3.63, 3.8) is 0 Å². The lowest BCUT2D eigenvalue weighted by atomic mass is 10.1. The van der Waals surface area contributed by atoms with Gasteiger partial charge in [0.1, 0.15) is 11.2 Å². The second kappa shape index (κ2) is 13.0. The van der Waals surface area contributed by atoms with Crippen LogP contribution in [-0.2, 0) is 9.47 Å². The fourth-order valence-electron chi connectivity index (χ4n) is 3.25. The van der Waals surface area contributed by atoms with Gasteiger partial charge in [0.2, 0.25) is 0 Å². The highest BCUT2D eigenvalue weighted by Crippen LogP contribution is 2.23. The third-order valence-electron chi connectivity index (χ3n) is 5.12. The van der Waals surface area contributed by atoms with Gasteiger partial charge in [-0.05, 0) is 83.9 Å². The summed E-state index contributed by atoms with van der Waals surface area (Å²) < 4.78 is 11.0. The molecule has 0 N–H and O–H groups in total. The first kappa shape index (κ1) is 30.3. The molecule has 38 heavy (non-hydrogen) atoms. The molecule has 2 rings (SSSR count). The molecular weight excluding hydrogens is 480 g/mol. The minimum absolute atomic E-state index is 0.238. The first-order chi connectivity index (χ1) is 17.7. The molecule has 8 nitrogen and oxygen atoms in total. The van der Waals surface area contributed by atoms with Crippen molar-refractivity contribution in [1.82, 2.24) is 0 Å². The number of azo groups is 1. The summed E-state index contributed by atoms with van der Waals surface area (Å²) in [5.74, 6) is 0. The molecular formula is C30H40N4O4. The molecule has 0 saturated heterocycles. The molecule has 0 aliphatic carbocycles. The third kappa shape index (κ3) is 9.84. The van der Waals surface area contributed by atoms with Crippen LogP contribution >= 0.6 is 0 Å². The lowest BCUT2D eigenvalue weighted by molar-refractivity contribution is 0.0575. The van der Waals surface area contributed by atoms with Crippen LogP contribution in [0, 0.1) is 0 Å². The predicted octanol–water partition coefficient (Wildman–Crippen LogP) is 7.96. The van der Waals surface area contributed by atoms with Crippen molar-refractivity contribution in [3.8, 4) is 0 Å². The van der Waals surface area contributed by atoms with E-state index in [0.717, 1.165) is 16.8 Å². The number of ether oxygens (including phenoxy) is 2. The molecule has 0 bridgehead atoms. The van der Waals surface area contributed by atoms with Gasteiger partial charge in [-0.15, -0.1) is 0 Å². The Morgan fingerprint density at radius 2 is 1.24 bits per heavy atom. The predicted molar refractivity (Wildman–Crippen MR) is 155 cm³/mol. The molecule has 2 amide bonds. The zero-order chi connectivity index (χ0) is 28.5. The maximum Gasteiger partial charge on any atom is 0.415 e. The molecule has 0 fully saturated rings. The second-order valence-electron chi connectivity index (χ2n) is 10.7. The fourth-order valence-corrected chi connectivity index (χ4v) is 3.25. The van der Waals surface area contributed by atoms with Crippen LogP contribution in [-0.4, -0.2) is 44.0 Å². The number of carbonyl (C=O) groups is 2. The number of anilines is 2. The van der Waals surface area contributed by atoms with Crippen LogP contribution in [0.3, 0.4) is 0 Å². The summed E-state index contributed by atoms with van der Waals surface area (Å²) in [5.41, 5.74) is 2.85. The van der Waals surface area contributed by atoms with Crippen LogP contribution in [0.15, 0.2) is 70.5 Å². The smallest absolute Gasteiger partial charge is 0.415 e. The Balaban J connectivity index is 2.17. The summed E-state index contributed by atoms with van der Waals surface area (Å²) in [6.07, 6.45) is 4.93. The number of nitrogens with zero attached hydrogens (tertiary/aromatic N) is 4. The zero-order valence-corrected chi connectivity index (χ0v) is 24.0. The molecule has 2 aromatic carbocycles. The van der Waals surface area contributed by atoms with Gasteiger partial charge >= 0.3 is 12.2 Å². The Morgan fingerprint density at radius 1 is 0.789 bits per heavy atom.